The van der Waals surface area contributed by atoms with E-state index in [9.17, 15) is 19.5 Å². The highest BCUT2D eigenvalue weighted by Gasteiger charge is 2.48. The second-order valence-corrected chi connectivity index (χ2v) is 10.00. The number of hydrogen-bond donors (Lipinski definition) is 2. The zero-order valence-corrected chi connectivity index (χ0v) is 18.3. The van der Waals surface area contributed by atoms with Crippen molar-refractivity contribution < 1.29 is 24.2 Å². The highest BCUT2D eigenvalue weighted by atomic mass is 32.1. The zero-order valence-electron chi connectivity index (χ0n) is 17.5. The van der Waals surface area contributed by atoms with Crippen LogP contribution in [0.15, 0.2) is 12.2 Å². The lowest BCUT2D eigenvalue weighted by atomic mass is 9.62. The van der Waals surface area contributed by atoms with Gasteiger partial charge in [-0.15, -0.1) is 11.3 Å². The minimum atomic E-state index is -0.921. The Balaban J connectivity index is 1.65. The van der Waals surface area contributed by atoms with Crippen LogP contribution < -0.4 is 5.32 Å². The number of rotatable bonds is 5. The number of aliphatic carboxylic acids is 1. The largest absolute Gasteiger partial charge is 0.481 e. The molecule has 162 valence electrons. The Kier molecular flexibility index (Phi) is 6.00. The predicted molar refractivity (Wildman–Crippen MR) is 115 cm³/mol. The molecule has 4 aliphatic carbocycles. The van der Waals surface area contributed by atoms with E-state index >= 15 is 0 Å². The number of amides is 1. The maximum atomic E-state index is 13.3. The van der Waals surface area contributed by atoms with E-state index in [0.717, 1.165) is 55.4 Å². The third-order valence-electron chi connectivity index (χ3n) is 6.54. The molecule has 1 aromatic rings. The quantitative estimate of drug-likeness (QED) is 0.409. The normalized spacial score (nSPS) is 27.4. The van der Waals surface area contributed by atoms with E-state index in [1.807, 2.05) is 26.0 Å². The first-order chi connectivity index (χ1) is 14.4. The Bertz CT molecular complexity index is 886. The molecule has 4 atom stereocenters. The van der Waals surface area contributed by atoms with Gasteiger partial charge in [-0.25, -0.2) is 4.79 Å². The molecule has 4 aliphatic rings. The standard InChI is InChI=1S/C23H29NO5S/c1-12(2)29-23(28)19-15-6-4-3-5-7-16(15)30-21(19)24-20(25)17-13-8-10-14(11-9-13)18(17)22(26)27/h8,10,12-14,17-18H,3-7,9,11H2,1-2H3,(H,24,25)(H,26,27)/t13-,14-,17-,18+/m0/s1. The number of fused-ring (bicyclic) bond motifs is 3. The van der Waals surface area contributed by atoms with Crippen molar-refractivity contribution >= 4 is 34.2 Å². The highest BCUT2D eigenvalue weighted by Crippen LogP contribution is 2.46. The summed E-state index contributed by atoms with van der Waals surface area (Å²) in [7, 11) is 0. The van der Waals surface area contributed by atoms with Gasteiger partial charge in [-0.1, -0.05) is 18.6 Å². The Morgan fingerprint density at radius 1 is 1.07 bits per heavy atom. The van der Waals surface area contributed by atoms with Crippen molar-refractivity contribution in [2.24, 2.45) is 23.7 Å². The van der Waals surface area contributed by atoms with Crippen LogP contribution in [-0.2, 0) is 27.2 Å². The number of anilines is 1. The van der Waals surface area contributed by atoms with Crippen LogP contribution in [0.25, 0.3) is 0 Å². The molecule has 0 aromatic carbocycles. The maximum Gasteiger partial charge on any atom is 0.341 e. The summed E-state index contributed by atoms with van der Waals surface area (Å²) in [5.74, 6) is -3.11. The van der Waals surface area contributed by atoms with Crippen LogP contribution in [0.3, 0.4) is 0 Å². The Morgan fingerprint density at radius 3 is 2.37 bits per heavy atom. The van der Waals surface area contributed by atoms with Crippen molar-refractivity contribution in [1.82, 2.24) is 0 Å². The molecule has 2 bridgehead atoms. The number of nitrogens with one attached hydrogen (secondary N) is 1. The van der Waals surface area contributed by atoms with Crippen LogP contribution in [0.4, 0.5) is 5.00 Å². The van der Waals surface area contributed by atoms with Gasteiger partial charge < -0.3 is 15.2 Å². The van der Waals surface area contributed by atoms with Gasteiger partial charge >= 0.3 is 11.9 Å². The van der Waals surface area contributed by atoms with E-state index in [0.29, 0.717) is 10.6 Å². The molecule has 0 aliphatic heterocycles. The van der Waals surface area contributed by atoms with Crippen LogP contribution >= 0.6 is 11.3 Å². The second-order valence-electron chi connectivity index (χ2n) is 8.89. The van der Waals surface area contributed by atoms with Crippen molar-refractivity contribution in [3.63, 3.8) is 0 Å². The number of carbonyl (C=O) groups excluding carboxylic acids is 2. The minimum absolute atomic E-state index is 0.0695. The maximum absolute atomic E-state index is 13.3. The van der Waals surface area contributed by atoms with E-state index in [1.54, 1.807) is 0 Å². The number of ether oxygens (including phenoxy) is 1. The molecular weight excluding hydrogens is 402 g/mol. The fraction of sp³-hybridized carbons (Fsp3) is 0.609. The molecule has 2 N–H and O–H groups in total. The summed E-state index contributed by atoms with van der Waals surface area (Å²) < 4.78 is 5.49. The number of thiophene rings is 1. The number of carbonyl (C=O) groups is 3. The third kappa shape index (κ3) is 3.92. The first-order valence-electron chi connectivity index (χ1n) is 10.9. The minimum Gasteiger partial charge on any atom is -0.481 e. The molecule has 0 spiro atoms. The summed E-state index contributed by atoms with van der Waals surface area (Å²) in [6.07, 6.45) is 10.2. The van der Waals surface area contributed by atoms with Gasteiger partial charge in [0.25, 0.3) is 0 Å². The van der Waals surface area contributed by atoms with Crippen LogP contribution in [0.5, 0.6) is 0 Å². The van der Waals surface area contributed by atoms with Crippen molar-refractivity contribution in [2.75, 3.05) is 5.32 Å². The molecular formula is C23H29NO5S. The lowest BCUT2D eigenvalue weighted by Crippen LogP contribution is -2.47. The van der Waals surface area contributed by atoms with Crippen LogP contribution in [0.1, 0.15) is 66.8 Å². The molecule has 5 rings (SSSR count). The molecule has 0 radical (unpaired) electrons. The molecule has 1 amide bonds. The smallest absolute Gasteiger partial charge is 0.341 e. The predicted octanol–water partition coefficient (Wildman–Crippen LogP) is 4.43. The average Bonchev–Trinajstić information content (AvgIpc) is 2.88. The van der Waals surface area contributed by atoms with Gasteiger partial charge in [-0.2, -0.15) is 0 Å². The van der Waals surface area contributed by atoms with E-state index in [4.69, 9.17) is 4.74 Å². The second kappa shape index (κ2) is 8.53. The summed E-state index contributed by atoms with van der Waals surface area (Å²) in [6, 6.07) is 0. The molecule has 1 fully saturated rings. The molecule has 1 aromatic heterocycles. The van der Waals surface area contributed by atoms with Gasteiger partial charge in [0.05, 0.1) is 23.5 Å². The van der Waals surface area contributed by atoms with Gasteiger partial charge in [-0.3, -0.25) is 9.59 Å². The number of esters is 1. The lowest BCUT2D eigenvalue weighted by molar-refractivity contribution is -0.151. The highest BCUT2D eigenvalue weighted by molar-refractivity contribution is 7.17. The molecule has 0 saturated heterocycles. The SMILES string of the molecule is CC(C)OC(=O)c1c(NC(=O)[C@@H]2[C@H](C(=O)O)[C@H]3C=C[C@H]2CC3)sc2c1CCCCC2. The third-order valence-corrected chi connectivity index (χ3v) is 7.75. The fourth-order valence-electron chi connectivity index (χ4n) is 5.20. The number of carboxylic acid groups (broad SMARTS) is 1. The first kappa shape index (κ1) is 21.1. The van der Waals surface area contributed by atoms with Crippen molar-refractivity contribution in [2.45, 2.75) is 64.9 Å². The van der Waals surface area contributed by atoms with Gasteiger partial charge in [0.2, 0.25) is 5.91 Å². The number of allylic oxidation sites excluding steroid dienone is 2. The number of hydrogen-bond acceptors (Lipinski definition) is 5. The molecule has 7 heteroatoms. The van der Waals surface area contributed by atoms with Gasteiger partial charge in [0.15, 0.2) is 0 Å². The first-order valence-corrected chi connectivity index (χ1v) is 11.8. The van der Waals surface area contributed by atoms with E-state index in [1.165, 1.54) is 11.3 Å². The van der Waals surface area contributed by atoms with Crippen molar-refractivity contribution in [3.8, 4) is 0 Å². The Labute approximate surface area is 180 Å². The summed E-state index contributed by atoms with van der Waals surface area (Å²) in [4.78, 5) is 39.3. The van der Waals surface area contributed by atoms with E-state index in [2.05, 4.69) is 5.32 Å². The van der Waals surface area contributed by atoms with Crippen molar-refractivity contribution in [1.29, 1.82) is 0 Å². The molecule has 30 heavy (non-hydrogen) atoms. The lowest BCUT2D eigenvalue weighted by Gasteiger charge is -2.41. The fourth-order valence-corrected chi connectivity index (χ4v) is 6.48. The topological polar surface area (TPSA) is 92.7 Å². The molecule has 1 saturated carbocycles. The monoisotopic (exact) mass is 431 g/mol. The Hall–Kier alpha value is -2.15. The summed E-state index contributed by atoms with van der Waals surface area (Å²) in [5.41, 5.74) is 1.47. The molecule has 1 heterocycles. The average molecular weight is 432 g/mol. The molecule has 6 nitrogen and oxygen atoms in total. The van der Waals surface area contributed by atoms with Crippen LogP contribution in [0, 0.1) is 23.7 Å². The summed E-state index contributed by atoms with van der Waals surface area (Å²) in [5, 5.41) is 13.2. The van der Waals surface area contributed by atoms with Gasteiger partial charge in [0.1, 0.15) is 5.00 Å². The number of aryl methyl sites for hydroxylation is 1. The zero-order chi connectivity index (χ0) is 21.4. The van der Waals surface area contributed by atoms with Gasteiger partial charge in [0, 0.05) is 4.88 Å². The van der Waals surface area contributed by atoms with Crippen LogP contribution in [-0.4, -0.2) is 29.1 Å². The van der Waals surface area contributed by atoms with E-state index < -0.39 is 23.8 Å². The Morgan fingerprint density at radius 2 is 1.73 bits per heavy atom. The molecule has 0 unspecified atom stereocenters. The van der Waals surface area contributed by atoms with Gasteiger partial charge in [-0.05, 0) is 69.8 Å². The van der Waals surface area contributed by atoms with E-state index in [-0.39, 0.29) is 23.8 Å². The van der Waals surface area contributed by atoms with Crippen LogP contribution in [0.2, 0.25) is 0 Å². The number of carboxylic acids is 1. The summed E-state index contributed by atoms with van der Waals surface area (Å²) in [6.45, 7) is 3.62. The summed E-state index contributed by atoms with van der Waals surface area (Å²) >= 11 is 1.45. The van der Waals surface area contributed by atoms with Crippen molar-refractivity contribution in [3.05, 3.63) is 28.2 Å².